The zero-order valence-corrected chi connectivity index (χ0v) is 13.7. The number of carbonyl (C=O) groups excluding carboxylic acids is 1. The van der Waals surface area contributed by atoms with Crippen LogP contribution in [0.4, 0.5) is 0 Å². The number of allylic oxidation sites excluding steroid dienone is 3. The predicted octanol–water partition coefficient (Wildman–Crippen LogP) is 5.85. The van der Waals surface area contributed by atoms with E-state index in [1.807, 2.05) is 24.3 Å². The van der Waals surface area contributed by atoms with E-state index in [4.69, 9.17) is 4.74 Å². The Kier molecular flexibility index (Phi) is 10.7. The minimum Gasteiger partial charge on any atom is -0.423 e. The zero-order chi connectivity index (χ0) is 15.9. The van der Waals surface area contributed by atoms with Crippen molar-refractivity contribution in [3.8, 4) is 5.75 Å². The number of benzene rings is 1. The highest BCUT2D eigenvalue weighted by Gasteiger charge is 1.97. The van der Waals surface area contributed by atoms with Crippen LogP contribution < -0.4 is 4.74 Å². The van der Waals surface area contributed by atoms with Gasteiger partial charge in [0.15, 0.2) is 0 Å². The van der Waals surface area contributed by atoms with Crippen LogP contribution in [0, 0.1) is 0 Å². The van der Waals surface area contributed by atoms with Crippen molar-refractivity contribution in [3.05, 3.63) is 54.6 Å². The maximum atomic E-state index is 11.5. The second kappa shape index (κ2) is 12.9. The van der Waals surface area contributed by atoms with Crippen molar-refractivity contribution in [1.29, 1.82) is 0 Å². The van der Waals surface area contributed by atoms with Crippen LogP contribution >= 0.6 is 0 Å². The van der Waals surface area contributed by atoms with Crippen molar-refractivity contribution in [1.82, 2.24) is 0 Å². The Morgan fingerprint density at radius 1 is 0.955 bits per heavy atom. The van der Waals surface area contributed by atoms with Crippen LogP contribution in [-0.2, 0) is 4.79 Å². The summed E-state index contributed by atoms with van der Waals surface area (Å²) in [4.78, 5) is 11.5. The SMILES string of the molecule is CCCCCCCC/C=C/C/C=C/C(=O)Oc1ccccc1. The van der Waals surface area contributed by atoms with E-state index in [-0.39, 0.29) is 5.97 Å². The van der Waals surface area contributed by atoms with Crippen LogP contribution in [0.3, 0.4) is 0 Å². The maximum absolute atomic E-state index is 11.5. The van der Waals surface area contributed by atoms with Crippen molar-refractivity contribution in [3.63, 3.8) is 0 Å². The first-order chi connectivity index (χ1) is 10.8. The fourth-order valence-electron chi connectivity index (χ4n) is 2.14. The number of unbranched alkanes of at least 4 members (excludes halogenated alkanes) is 6. The van der Waals surface area contributed by atoms with Crippen LogP contribution in [0.1, 0.15) is 58.3 Å². The molecule has 0 saturated carbocycles. The first-order valence-corrected chi connectivity index (χ1v) is 8.41. The number of hydrogen-bond acceptors (Lipinski definition) is 2. The van der Waals surface area contributed by atoms with Crippen molar-refractivity contribution in [2.45, 2.75) is 58.3 Å². The van der Waals surface area contributed by atoms with Gasteiger partial charge in [-0.3, -0.25) is 0 Å². The van der Waals surface area contributed by atoms with Crippen molar-refractivity contribution < 1.29 is 9.53 Å². The molecule has 0 saturated heterocycles. The molecule has 0 aliphatic rings. The second-order valence-electron chi connectivity index (χ2n) is 5.40. The molecule has 1 aromatic carbocycles. The van der Waals surface area contributed by atoms with Crippen LogP contribution in [0.5, 0.6) is 5.75 Å². The third-order valence-electron chi connectivity index (χ3n) is 3.38. The van der Waals surface area contributed by atoms with Gasteiger partial charge in [0, 0.05) is 6.08 Å². The monoisotopic (exact) mass is 300 g/mol. The molecule has 0 spiro atoms. The van der Waals surface area contributed by atoms with Gasteiger partial charge in [-0.05, 0) is 31.4 Å². The standard InChI is InChI=1S/C20H28O2/c1-2-3-4-5-6-7-8-9-10-11-15-18-20(21)22-19-16-13-12-14-17-19/h9-10,12-18H,2-8,11H2,1H3/b10-9+,18-15+. The van der Waals surface area contributed by atoms with Crippen LogP contribution in [0.15, 0.2) is 54.6 Å². The topological polar surface area (TPSA) is 26.3 Å². The van der Waals surface area contributed by atoms with Gasteiger partial charge in [0.25, 0.3) is 0 Å². The van der Waals surface area contributed by atoms with Gasteiger partial charge < -0.3 is 4.74 Å². The normalized spacial score (nSPS) is 11.3. The number of hydrogen-bond donors (Lipinski definition) is 0. The van der Waals surface area contributed by atoms with Crippen molar-refractivity contribution in [2.75, 3.05) is 0 Å². The zero-order valence-electron chi connectivity index (χ0n) is 13.7. The molecule has 0 atom stereocenters. The molecule has 0 aromatic heterocycles. The Morgan fingerprint density at radius 2 is 1.68 bits per heavy atom. The van der Waals surface area contributed by atoms with E-state index in [0.29, 0.717) is 5.75 Å². The van der Waals surface area contributed by atoms with Crippen molar-refractivity contribution in [2.24, 2.45) is 0 Å². The molecular weight excluding hydrogens is 272 g/mol. The van der Waals surface area contributed by atoms with Gasteiger partial charge in [0.05, 0.1) is 0 Å². The lowest BCUT2D eigenvalue weighted by Gasteiger charge is -1.99. The maximum Gasteiger partial charge on any atom is 0.335 e. The average molecular weight is 300 g/mol. The lowest BCUT2D eigenvalue weighted by atomic mass is 10.1. The lowest BCUT2D eigenvalue weighted by molar-refractivity contribution is -0.129. The molecule has 1 rings (SSSR count). The molecule has 0 heterocycles. The predicted molar refractivity (Wildman–Crippen MR) is 93.0 cm³/mol. The van der Waals surface area contributed by atoms with Gasteiger partial charge in [-0.2, -0.15) is 0 Å². The molecule has 0 unspecified atom stereocenters. The Bertz CT molecular complexity index is 446. The molecule has 120 valence electrons. The van der Waals surface area contributed by atoms with Gasteiger partial charge >= 0.3 is 5.97 Å². The van der Waals surface area contributed by atoms with Crippen LogP contribution in [0.25, 0.3) is 0 Å². The second-order valence-corrected chi connectivity index (χ2v) is 5.40. The summed E-state index contributed by atoms with van der Waals surface area (Å²) >= 11 is 0. The molecule has 0 aliphatic heterocycles. The summed E-state index contributed by atoms with van der Waals surface area (Å²) in [7, 11) is 0. The summed E-state index contributed by atoms with van der Waals surface area (Å²) in [6.45, 7) is 2.24. The van der Waals surface area contributed by atoms with E-state index in [2.05, 4.69) is 19.1 Å². The molecule has 0 amide bonds. The fraction of sp³-hybridized carbons (Fsp3) is 0.450. The van der Waals surface area contributed by atoms with Gasteiger partial charge in [-0.15, -0.1) is 0 Å². The molecule has 0 N–H and O–H groups in total. The number of rotatable bonds is 11. The molecule has 22 heavy (non-hydrogen) atoms. The van der Waals surface area contributed by atoms with E-state index in [1.54, 1.807) is 12.1 Å². The largest absolute Gasteiger partial charge is 0.423 e. The molecule has 0 bridgehead atoms. The quantitative estimate of drug-likeness (QED) is 0.168. The van der Waals surface area contributed by atoms with Crippen LogP contribution in [-0.4, -0.2) is 5.97 Å². The van der Waals surface area contributed by atoms with E-state index in [9.17, 15) is 4.79 Å². The molecule has 0 fully saturated rings. The minimum absolute atomic E-state index is 0.324. The Hall–Kier alpha value is -1.83. The summed E-state index contributed by atoms with van der Waals surface area (Å²) in [5, 5.41) is 0. The van der Waals surface area contributed by atoms with Gasteiger partial charge in [-0.25, -0.2) is 4.79 Å². The average Bonchev–Trinajstić information content (AvgIpc) is 2.53. The molecule has 2 heteroatoms. The first-order valence-electron chi connectivity index (χ1n) is 8.41. The number of para-hydroxylation sites is 1. The Balaban J connectivity index is 2.03. The molecular formula is C20H28O2. The Labute approximate surface area is 134 Å². The van der Waals surface area contributed by atoms with E-state index < -0.39 is 0 Å². The van der Waals surface area contributed by atoms with Gasteiger partial charge in [-0.1, -0.05) is 75.5 Å². The summed E-state index contributed by atoms with van der Waals surface area (Å²) in [6, 6.07) is 9.12. The van der Waals surface area contributed by atoms with Gasteiger partial charge in [0.1, 0.15) is 5.75 Å². The summed E-state index contributed by atoms with van der Waals surface area (Å²) in [6.07, 6.45) is 17.5. The third-order valence-corrected chi connectivity index (χ3v) is 3.38. The molecule has 1 aromatic rings. The highest BCUT2D eigenvalue weighted by Crippen LogP contribution is 2.09. The molecule has 2 nitrogen and oxygen atoms in total. The molecule has 0 aliphatic carbocycles. The summed E-state index contributed by atoms with van der Waals surface area (Å²) < 4.78 is 5.16. The highest BCUT2D eigenvalue weighted by molar-refractivity contribution is 5.83. The van der Waals surface area contributed by atoms with Crippen LogP contribution in [0.2, 0.25) is 0 Å². The highest BCUT2D eigenvalue weighted by atomic mass is 16.5. The minimum atomic E-state index is -0.324. The lowest BCUT2D eigenvalue weighted by Crippen LogP contribution is -2.03. The Morgan fingerprint density at radius 3 is 2.45 bits per heavy atom. The number of carbonyl (C=O) groups is 1. The smallest absolute Gasteiger partial charge is 0.335 e. The van der Waals surface area contributed by atoms with E-state index in [0.717, 1.165) is 12.8 Å². The number of ether oxygens (including phenoxy) is 1. The van der Waals surface area contributed by atoms with E-state index in [1.165, 1.54) is 44.6 Å². The van der Waals surface area contributed by atoms with Crippen molar-refractivity contribution >= 4 is 5.97 Å². The van der Waals surface area contributed by atoms with Gasteiger partial charge in [0.2, 0.25) is 0 Å². The summed E-state index contributed by atoms with van der Waals surface area (Å²) in [5.74, 6) is 0.256. The fourth-order valence-corrected chi connectivity index (χ4v) is 2.14. The summed E-state index contributed by atoms with van der Waals surface area (Å²) in [5.41, 5.74) is 0. The number of esters is 1. The van der Waals surface area contributed by atoms with E-state index >= 15 is 0 Å². The first kappa shape index (κ1) is 18.2. The third kappa shape index (κ3) is 9.98. The molecule has 0 radical (unpaired) electrons.